The summed E-state index contributed by atoms with van der Waals surface area (Å²) in [5, 5.41) is 3.15. The Morgan fingerprint density at radius 2 is 2.15 bits per heavy atom. The third kappa shape index (κ3) is 1.54. The molecule has 1 aliphatic rings. The second-order valence-corrected chi connectivity index (χ2v) is 3.55. The van der Waals surface area contributed by atoms with E-state index >= 15 is 0 Å². The molecule has 13 heavy (non-hydrogen) atoms. The summed E-state index contributed by atoms with van der Waals surface area (Å²) in [6, 6.07) is 4.48. The molecular weight excluding hydrogens is 196 g/mol. The molecule has 0 atom stereocenters. The Labute approximate surface area is 79.7 Å². The normalized spacial score (nSPS) is 19.6. The first-order valence-electron chi connectivity index (χ1n) is 3.97. The molecule has 0 spiro atoms. The molecule has 1 heterocycles. The van der Waals surface area contributed by atoms with Crippen molar-refractivity contribution in [2.24, 2.45) is 0 Å². The molecule has 1 aromatic carbocycles. The minimum Gasteiger partial charge on any atom is -0.307 e. The van der Waals surface area contributed by atoms with Crippen LogP contribution in [0.5, 0.6) is 0 Å². The van der Waals surface area contributed by atoms with E-state index < -0.39 is 5.92 Å². The number of halogens is 3. The highest BCUT2D eigenvalue weighted by molar-refractivity contribution is 6.30. The molecule has 1 aromatic rings. The Hall–Kier alpha value is -0.670. The molecule has 1 nitrogen and oxygen atoms in total. The Morgan fingerprint density at radius 1 is 1.38 bits per heavy atom. The van der Waals surface area contributed by atoms with E-state index in [-0.39, 0.29) is 12.1 Å². The molecule has 0 aromatic heterocycles. The van der Waals surface area contributed by atoms with Gasteiger partial charge in [-0.15, -0.1) is 0 Å². The number of nitrogens with one attached hydrogen (secondary N) is 1. The zero-order valence-corrected chi connectivity index (χ0v) is 7.54. The Bertz CT molecular complexity index is 338. The topological polar surface area (TPSA) is 12.0 Å². The van der Waals surface area contributed by atoms with Crippen LogP contribution >= 0.6 is 11.6 Å². The van der Waals surface area contributed by atoms with Gasteiger partial charge in [-0.1, -0.05) is 17.7 Å². The maximum atomic E-state index is 13.2. The molecule has 1 aliphatic heterocycles. The minimum absolute atomic E-state index is 0.0932. The SMILES string of the molecule is FC1(F)CNCc2cc(Cl)ccc21. The number of benzene rings is 1. The van der Waals surface area contributed by atoms with Crippen LogP contribution in [-0.2, 0) is 12.5 Å². The molecule has 0 aliphatic carbocycles. The third-order valence-corrected chi connectivity index (χ3v) is 2.36. The molecule has 1 N–H and O–H groups in total. The largest absolute Gasteiger partial charge is 0.307 e. The van der Waals surface area contributed by atoms with Crippen LogP contribution in [0, 0.1) is 0 Å². The van der Waals surface area contributed by atoms with E-state index in [1.54, 1.807) is 6.07 Å². The van der Waals surface area contributed by atoms with Gasteiger partial charge < -0.3 is 5.32 Å². The number of fused-ring (bicyclic) bond motifs is 1. The predicted molar refractivity (Wildman–Crippen MR) is 47.1 cm³/mol. The molecule has 70 valence electrons. The average molecular weight is 204 g/mol. The Balaban J connectivity index is 2.53. The van der Waals surface area contributed by atoms with Gasteiger partial charge in [-0.3, -0.25) is 0 Å². The molecule has 0 amide bonds. The number of rotatable bonds is 0. The molecular formula is C9H8ClF2N. The van der Waals surface area contributed by atoms with Crippen LogP contribution in [0.2, 0.25) is 5.02 Å². The molecule has 0 bridgehead atoms. The van der Waals surface area contributed by atoms with Crippen molar-refractivity contribution in [2.75, 3.05) is 6.54 Å². The van der Waals surface area contributed by atoms with Crippen LogP contribution in [0.15, 0.2) is 18.2 Å². The van der Waals surface area contributed by atoms with Crippen LogP contribution in [0.25, 0.3) is 0 Å². The highest BCUT2D eigenvalue weighted by Crippen LogP contribution is 2.34. The zero-order valence-electron chi connectivity index (χ0n) is 6.78. The van der Waals surface area contributed by atoms with Crippen molar-refractivity contribution in [2.45, 2.75) is 12.5 Å². The van der Waals surface area contributed by atoms with Crippen LogP contribution in [0.4, 0.5) is 8.78 Å². The smallest absolute Gasteiger partial charge is 0.285 e. The fraction of sp³-hybridized carbons (Fsp3) is 0.333. The van der Waals surface area contributed by atoms with Gasteiger partial charge in [0.2, 0.25) is 0 Å². The van der Waals surface area contributed by atoms with Gasteiger partial charge in [-0.25, -0.2) is 0 Å². The summed E-state index contributed by atoms with van der Waals surface area (Å²) in [5.74, 6) is -2.77. The first-order chi connectivity index (χ1) is 6.09. The summed E-state index contributed by atoms with van der Waals surface area (Å²) in [6.45, 7) is 0.174. The average Bonchev–Trinajstić information content (AvgIpc) is 2.02. The fourth-order valence-electron chi connectivity index (χ4n) is 1.51. The molecule has 0 unspecified atom stereocenters. The van der Waals surface area contributed by atoms with Crippen molar-refractivity contribution in [3.63, 3.8) is 0 Å². The quantitative estimate of drug-likeness (QED) is 0.683. The van der Waals surface area contributed by atoms with Crippen molar-refractivity contribution in [3.8, 4) is 0 Å². The molecule has 0 saturated heterocycles. The summed E-state index contributed by atoms with van der Waals surface area (Å²) in [5.41, 5.74) is 0.680. The predicted octanol–water partition coefficient (Wildman–Crippen LogP) is 2.54. The van der Waals surface area contributed by atoms with Crippen LogP contribution in [-0.4, -0.2) is 6.54 Å². The second kappa shape index (κ2) is 2.93. The van der Waals surface area contributed by atoms with Crippen molar-refractivity contribution in [3.05, 3.63) is 34.3 Å². The van der Waals surface area contributed by atoms with Gasteiger partial charge in [-0.05, 0) is 17.7 Å². The lowest BCUT2D eigenvalue weighted by Crippen LogP contribution is -2.36. The maximum absolute atomic E-state index is 13.2. The highest BCUT2D eigenvalue weighted by atomic mass is 35.5. The first kappa shape index (κ1) is 8.91. The van der Waals surface area contributed by atoms with Crippen molar-refractivity contribution >= 4 is 11.6 Å². The van der Waals surface area contributed by atoms with E-state index in [1.807, 2.05) is 0 Å². The van der Waals surface area contributed by atoms with Crippen molar-refractivity contribution in [1.29, 1.82) is 0 Å². The number of hydrogen-bond donors (Lipinski definition) is 1. The first-order valence-corrected chi connectivity index (χ1v) is 4.35. The maximum Gasteiger partial charge on any atom is 0.285 e. The lowest BCUT2D eigenvalue weighted by Gasteiger charge is -2.25. The van der Waals surface area contributed by atoms with Crippen molar-refractivity contribution in [1.82, 2.24) is 5.32 Å². The molecule has 0 fully saturated rings. The summed E-state index contributed by atoms with van der Waals surface area (Å²) in [4.78, 5) is 0. The summed E-state index contributed by atoms with van der Waals surface area (Å²) < 4.78 is 26.4. The Morgan fingerprint density at radius 3 is 2.92 bits per heavy atom. The van der Waals surface area contributed by atoms with Gasteiger partial charge in [0.05, 0.1) is 6.54 Å². The lowest BCUT2D eigenvalue weighted by atomic mass is 9.98. The van der Waals surface area contributed by atoms with Crippen LogP contribution < -0.4 is 5.32 Å². The molecule has 4 heteroatoms. The molecule has 0 saturated carbocycles. The van der Waals surface area contributed by atoms with Crippen LogP contribution in [0.1, 0.15) is 11.1 Å². The summed E-state index contributed by atoms with van der Waals surface area (Å²) in [6.07, 6.45) is 0. The third-order valence-electron chi connectivity index (χ3n) is 2.12. The minimum atomic E-state index is -2.77. The second-order valence-electron chi connectivity index (χ2n) is 3.11. The van der Waals surface area contributed by atoms with Gasteiger partial charge in [0, 0.05) is 17.1 Å². The Kier molecular flexibility index (Phi) is 2.00. The van der Waals surface area contributed by atoms with Gasteiger partial charge in [0.25, 0.3) is 5.92 Å². The fourth-order valence-corrected chi connectivity index (χ4v) is 1.71. The van der Waals surface area contributed by atoms with Gasteiger partial charge >= 0.3 is 0 Å². The van der Waals surface area contributed by atoms with E-state index in [0.29, 0.717) is 17.1 Å². The zero-order chi connectivity index (χ0) is 9.47. The van der Waals surface area contributed by atoms with Crippen LogP contribution in [0.3, 0.4) is 0 Å². The van der Waals surface area contributed by atoms with E-state index in [4.69, 9.17) is 11.6 Å². The van der Waals surface area contributed by atoms with E-state index in [2.05, 4.69) is 5.32 Å². The monoisotopic (exact) mass is 203 g/mol. The highest BCUT2D eigenvalue weighted by Gasteiger charge is 2.36. The number of hydrogen-bond acceptors (Lipinski definition) is 1. The van der Waals surface area contributed by atoms with Gasteiger partial charge in [0.15, 0.2) is 0 Å². The molecule has 2 rings (SSSR count). The summed E-state index contributed by atoms with van der Waals surface area (Å²) >= 11 is 5.70. The van der Waals surface area contributed by atoms with Crippen molar-refractivity contribution < 1.29 is 8.78 Å². The standard InChI is InChI=1S/C9H8ClF2N/c10-7-1-2-8-6(3-7)4-13-5-9(8,11)12/h1-3,13H,4-5H2. The molecule has 0 radical (unpaired) electrons. The van der Waals surface area contributed by atoms with E-state index in [1.165, 1.54) is 12.1 Å². The van der Waals surface area contributed by atoms with E-state index in [0.717, 1.165) is 0 Å². The number of alkyl halides is 2. The van der Waals surface area contributed by atoms with E-state index in [9.17, 15) is 8.78 Å². The summed E-state index contributed by atoms with van der Waals surface area (Å²) in [7, 11) is 0. The van der Waals surface area contributed by atoms with Gasteiger partial charge in [0.1, 0.15) is 0 Å². The van der Waals surface area contributed by atoms with Gasteiger partial charge in [-0.2, -0.15) is 8.78 Å². The lowest BCUT2D eigenvalue weighted by molar-refractivity contribution is -0.0107.